The molecule has 0 spiro atoms. The molecule has 0 saturated carbocycles. The summed E-state index contributed by atoms with van der Waals surface area (Å²) in [4.78, 5) is 14.3. The highest BCUT2D eigenvalue weighted by molar-refractivity contribution is 5.79. The van der Waals surface area contributed by atoms with Crippen molar-refractivity contribution in [2.24, 2.45) is 5.92 Å². The number of nitrogens with zero attached hydrogens (tertiary/aromatic N) is 1. The molecule has 1 aliphatic heterocycles. The fourth-order valence-corrected chi connectivity index (χ4v) is 2.58. The standard InChI is InChI=1S/C16H23NO3/c1-17(16(18)14-8-9-20-11-14)15(12-19-2)10-13-6-4-3-5-7-13/h3-7,14-15H,8-12H2,1-2H3. The lowest BCUT2D eigenvalue weighted by Crippen LogP contribution is -2.44. The molecule has 0 aromatic heterocycles. The molecule has 1 saturated heterocycles. The summed E-state index contributed by atoms with van der Waals surface area (Å²) in [6, 6.07) is 10.3. The van der Waals surface area contributed by atoms with Crippen LogP contribution in [-0.2, 0) is 20.7 Å². The molecule has 0 radical (unpaired) electrons. The van der Waals surface area contributed by atoms with Gasteiger partial charge in [0.1, 0.15) is 0 Å². The van der Waals surface area contributed by atoms with Gasteiger partial charge in [-0.3, -0.25) is 4.79 Å². The summed E-state index contributed by atoms with van der Waals surface area (Å²) in [7, 11) is 3.54. The van der Waals surface area contributed by atoms with Crippen LogP contribution in [0.25, 0.3) is 0 Å². The monoisotopic (exact) mass is 277 g/mol. The number of benzene rings is 1. The largest absolute Gasteiger partial charge is 0.383 e. The molecular formula is C16H23NO3. The first-order valence-electron chi connectivity index (χ1n) is 7.09. The van der Waals surface area contributed by atoms with E-state index in [0.29, 0.717) is 19.8 Å². The van der Waals surface area contributed by atoms with E-state index in [1.54, 1.807) is 7.11 Å². The molecule has 4 nitrogen and oxygen atoms in total. The molecule has 0 bridgehead atoms. The number of carbonyl (C=O) groups excluding carboxylic acids is 1. The molecule has 1 amide bonds. The highest BCUT2D eigenvalue weighted by Gasteiger charge is 2.29. The topological polar surface area (TPSA) is 38.8 Å². The maximum Gasteiger partial charge on any atom is 0.228 e. The van der Waals surface area contributed by atoms with Crippen molar-refractivity contribution >= 4 is 5.91 Å². The second-order valence-electron chi connectivity index (χ2n) is 5.31. The van der Waals surface area contributed by atoms with Gasteiger partial charge < -0.3 is 14.4 Å². The molecule has 2 rings (SSSR count). The van der Waals surface area contributed by atoms with Gasteiger partial charge in [-0.05, 0) is 18.4 Å². The number of likely N-dealkylation sites (N-methyl/N-ethyl adjacent to an activating group) is 1. The molecule has 2 unspecified atom stereocenters. The zero-order chi connectivity index (χ0) is 14.4. The Balaban J connectivity index is 2.01. The number of rotatable bonds is 6. The lowest BCUT2D eigenvalue weighted by atomic mass is 10.0. The van der Waals surface area contributed by atoms with E-state index in [9.17, 15) is 4.79 Å². The average molecular weight is 277 g/mol. The molecule has 1 heterocycles. The third kappa shape index (κ3) is 3.81. The van der Waals surface area contributed by atoms with Crippen LogP contribution in [0.15, 0.2) is 30.3 Å². The lowest BCUT2D eigenvalue weighted by molar-refractivity contribution is -0.137. The Morgan fingerprint density at radius 3 is 2.80 bits per heavy atom. The van der Waals surface area contributed by atoms with Crippen LogP contribution in [0.3, 0.4) is 0 Å². The minimum atomic E-state index is 0.00938. The van der Waals surface area contributed by atoms with Gasteiger partial charge in [-0.25, -0.2) is 0 Å². The quantitative estimate of drug-likeness (QED) is 0.795. The first-order valence-corrected chi connectivity index (χ1v) is 7.09. The molecule has 0 N–H and O–H groups in total. The lowest BCUT2D eigenvalue weighted by Gasteiger charge is -2.29. The summed E-state index contributed by atoms with van der Waals surface area (Å²) >= 11 is 0. The van der Waals surface area contributed by atoms with Crippen molar-refractivity contribution in [3.05, 3.63) is 35.9 Å². The Morgan fingerprint density at radius 1 is 1.45 bits per heavy atom. The highest BCUT2D eigenvalue weighted by atomic mass is 16.5. The van der Waals surface area contributed by atoms with Crippen LogP contribution in [0.1, 0.15) is 12.0 Å². The van der Waals surface area contributed by atoms with E-state index < -0.39 is 0 Å². The zero-order valence-electron chi connectivity index (χ0n) is 12.2. The summed E-state index contributed by atoms with van der Waals surface area (Å²) < 4.78 is 10.6. The van der Waals surface area contributed by atoms with E-state index in [0.717, 1.165) is 12.8 Å². The van der Waals surface area contributed by atoms with Gasteiger partial charge >= 0.3 is 0 Å². The Morgan fingerprint density at radius 2 is 2.20 bits per heavy atom. The van der Waals surface area contributed by atoms with Crippen molar-refractivity contribution in [2.75, 3.05) is 34.0 Å². The van der Waals surface area contributed by atoms with Crippen LogP contribution in [0, 0.1) is 5.92 Å². The van der Waals surface area contributed by atoms with Crippen LogP contribution in [0.2, 0.25) is 0 Å². The molecule has 1 fully saturated rings. The van der Waals surface area contributed by atoms with Gasteiger partial charge in [0.25, 0.3) is 0 Å². The first-order chi connectivity index (χ1) is 9.72. The van der Waals surface area contributed by atoms with Gasteiger partial charge in [-0.2, -0.15) is 0 Å². The van der Waals surface area contributed by atoms with Crippen molar-refractivity contribution in [3.63, 3.8) is 0 Å². The van der Waals surface area contributed by atoms with E-state index in [2.05, 4.69) is 12.1 Å². The Hall–Kier alpha value is -1.39. The number of carbonyl (C=O) groups is 1. The fourth-order valence-electron chi connectivity index (χ4n) is 2.58. The predicted molar refractivity (Wildman–Crippen MR) is 77.5 cm³/mol. The van der Waals surface area contributed by atoms with Gasteiger partial charge in [-0.15, -0.1) is 0 Å². The smallest absolute Gasteiger partial charge is 0.228 e. The van der Waals surface area contributed by atoms with E-state index in [4.69, 9.17) is 9.47 Å². The molecule has 20 heavy (non-hydrogen) atoms. The number of methoxy groups -OCH3 is 1. The molecular weight excluding hydrogens is 254 g/mol. The molecule has 110 valence electrons. The van der Waals surface area contributed by atoms with Gasteiger partial charge in [-0.1, -0.05) is 30.3 Å². The summed E-state index contributed by atoms with van der Waals surface area (Å²) in [5, 5.41) is 0. The Kier molecular flexibility index (Phi) is 5.56. The minimum Gasteiger partial charge on any atom is -0.383 e. The second kappa shape index (κ2) is 7.41. The van der Waals surface area contributed by atoms with Crippen LogP contribution < -0.4 is 0 Å². The third-order valence-corrected chi connectivity index (χ3v) is 3.85. The SMILES string of the molecule is COCC(Cc1ccccc1)N(C)C(=O)C1CCOC1. The predicted octanol–water partition coefficient (Wildman–Crippen LogP) is 1.74. The highest BCUT2D eigenvalue weighted by Crippen LogP contribution is 2.18. The first kappa shape index (κ1) is 15.0. The van der Waals surface area contributed by atoms with Gasteiger partial charge in [0.15, 0.2) is 0 Å². The van der Waals surface area contributed by atoms with Crippen LogP contribution >= 0.6 is 0 Å². The number of hydrogen-bond donors (Lipinski definition) is 0. The molecule has 4 heteroatoms. The second-order valence-corrected chi connectivity index (χ2v) is 5.31. The maximum atomic E-state index is 12.4. The van der Waals surface area contributed by atoms with E-state index in [1.165, 1.54) is 5.56 Å². The van der Waals surface area contributed by atoms with E-state index in [1.807, 2.05) is 30.1 Å². The van der Waals surface area contributed by atoms with Crippen molar-refractivity contribution in [3.8, 4) is 0 Å². The molecule has 1 aromatic rings. The average Bonchev–Trinajstić information content (AvgIpc) is 3.00. The zero-order valence-corrected chi connectivity index (χ0v) is 12.2. The van der Waals surface area contributed by atoms with Crippen molar-refractivity contribution in [2.45, 2.75) is 18.9 Å². The maximum absolute atomic E-state index is 12.4. The number of amides is 1. The normalized spacial score (nSPS) is 19.8. The van der Waals surface area contributed by atoms with Crippen LogP contribution in [-0.4, -0.2) is 50.8 Å². The molecule has 1 aliphatic rings. The van der Waals surface area contributed by atoms with E-state index >= 15 is 0 Å². The van der Waals surface area contributed by atoms with E-state index in [-0.39, 0.29) is 17.9 Å². The van der Waals surface area contributed by atoms with Crippen molar-refractivity contribution < 1.29 is 14.3 Å². The Labute approximate surface area is 120 Å². The third-order valence-electron chi connectivity index (χ3n) is 3.85. The van der Waals surface area contributed by atoms with Crippen LogP contribution in [0.5, 0.6) is 0 Å². The summed E-state index contributed by atoms with van der Waals surface area (Å²) in [5.41, 5.74) is 1.22. The number of hydrogen-bond acceptors (Lipinski definition) is 3. The Bertz CT molecular complexity index is 415. The van der Waals surface area contributed by atoms with Gasteiger partial charge in [0, 0.05) is 20.8 Å². The number of ether oxygens (including phenoxy) is 2. The van der Waals surface area contributed by atoms with Gasteiger partial charge in [0.05, 0.1) is 25.2 Å². The van der Waals surface area contributed by atoms with Gasteiger partial charge in [0.2, 0.25) is 5.91 Å². The summed E-state index contributed by atoms with van der Waals surface area (Å²) in [5.74, 6) is 0.176. The van der Waals surface area contributed by atoms with Crippen LogP contribution in [0.4, 0.5) is 0 Å². The summed E-state index contributed by atoms with van der Waals surface area (Å²) in [6.45, 7) is 1.79. The molecule has 0 aliphatic carbocycles. The summed E-state index contributed by atoms with van der Waals surface area (Å²) in [6.07, 6.45) is 1.64. The molecule has 2 atom stereocenters. The van der Waals surface area contributed by atoms with Crippen molar-refractivity contribution in [1.29, 1.82) is 0 Å². The fraction of sp³-hybridized carbons (Fsp3) is 0.562. The molecule has 1 aromatic carbocycles. The van der Waals surface area contributed by atoms with Crippen molar-refractivity contribution in [1.82, 2.24) is 4.90 Å². The minimum absolute atomic E-state index is 0.00938.